The highest BCUT2D eigenvalue weighted by Gasteiger charge is 2.17. The van der Waals surface area contributed by atoms with E-state index in [4.69, 9.17) is 0 Å². The van der Waals surface area contributed by atoms with Crippen molar-refractivity contribution in [3.05, 3.63) is 48.8 Å². The van der Waals surface area contributed by atoms with E-state index in [9.17, 15) is 4.79 Å². The summed E-state index contributed by atoms with van der Waals surface area (Å²) in [5, 5.41) is 13.7. The van der Waals surface area contributed by atoms with E-state index in [0.717, 1.165) is 28.2 Å². The van der Waals surface area contributed by atoms with Gasteiger partial charge in [0.1, 0.15) is 6.33 Å². The van der Waals surface area contributed by atoms with Gasteiger partial charge in [-0.2, -0.15) is 0 Å². The average Bonchev–Trinajstić information content (AvgIpc) is 3.01. The van der Waals surface area contributed by atoms with E-state index in [0.29, 0.717) is 0 Å². The number of hydrogen-bond acceptors (Lipinski definition) is 4. The van der Waals surface area contributed by atoms with Gasteiger partial charge in [-0.15, -0.1) is 10.2 Å². The van der Waals surface area contributed by atoms with Crippen LogP contribution in [0.2, 0.25) is 0 Å². The van der Waals surface area contributed by atoms with E-state index in [2.05, 4.69) is 21.6 Å². The quantitative estimate of drug-likeness (QED) is 0.728. The maximum atomic E-state index is 12.4. The first-order valence-electron chi connectivity index (χ1n) is 7.51. The predicted molar refractivity (Wildman–Crippen MR) is 93.6 cm³/mol. The van der Waals surface area contributed by atoms with Crippen molar-refractivity contribution < 1.29 is 4.79 Å². The Morgan fingerprint density at radius 2 is 2.04 bits per heavy atom. The molecule has 1 atom stereocenters. The SMILES string of the molecule is CCn1cnnc1S[C@@H](C)C(=O)Nc1ccc2ccccc2c1. The fourth-order valence-electron chi connectivity index (χ4n) is 2.28. The van der Waals surface area contributed by atoms with E-state index in [1.54, 1.807) is 6.33 Å². The molecule has 1 amide bonds. The largest absolute Gasteiger partial charge is 0.325 e. The van der Waals surface area contributed by atoms with Crippen LogP contribution in [-0.4, -0.2) is 25.9 Å². The highest BCUT2D eigenvalue weighted by molar-refractivity contribution is 8.00. The van der Waals surface area contributed by atoms with Crippen LogP contribution >= 0.6 is 11.8 Å². The number of carbonyl (C=O) groups is 1. The summed E-state index contributed by atoms with van der Waals surface area (Å²) in [4.78, 5) is 12.4. The lowest BCUT2D eigenvalue weighted by Crippen LogP contribution is -2.22. The molecule has 3 aromatic rings. The van der Waals surface area contributed by atoms with Gasteiger partial charge in [0.2, 0.25) is 5.91 Å². The summed E-state index contributed by atoms with van der Waals surface area (Å²) in [7, 11) is 0. The normalized spacial score (nSPS) is 12.3. The van der Waals surface area contributed by atoms with Crippen molar-refractivity contribution in [3.8, 4) is 0 Å². The molecule has 1 heterocycles. The maximum Gasteiger partial charge on any atom is 0.237 e. The molecule has 6 heteroatoms. The van der Waals surface area contributed by atoms with E-state index in [-0.39, 0.29) is 11.2 Å². The van der Waals surface area contributed by atoms with Crippen LogP contribution in [0.3, 0.4) is 0 Å². The Morgan fingerprint density at radius 1 is 1.26 bits per heavy atom. The summed E-state index contributed by atoms with van der Waals surface area (Å²) in [5.74, 6) is -0.0454. The number of benzene rings is 2. The molecule has 0 radical (unpaired) electrons. The lowest BCUT2D eigenvalue weighted by atomic mass is 10.1. The number of fused-ring (bicyclic) bond motifs is 1. The Bertz CT molecular complexity index is 830. The zero-order chi connectivity index (χ0) is 16.2. The Hall–Kier alpha value is -2.34. The third-order valence-corrected chi connectivity index (χ3v) is 4.68. The van der Waals surface area contributed by atoms with Gasteiger partial charge < -0.3 is 9.88 Å². The van der Waals surface area contributed by atoms with Crippen LogP contribution in [0.4, 0.5) is 5.69 Å². The van der Waals surface area contributed by atoms with E-state index in [1.807, 2.05) is 54.8 Å². The van der Waals surface area contributed by atoms with Crippen LogP contribution in [-0.2, 0) is 11.3 Å². The topological polar surface area (TPSA) is 59.8 Å². The molecule has 1 aromatic heterocycles. The number of hydrogen-bond donors (Lipinski definition) is 1. The summed E-state index contributed by atoms with van der Waals surface area (Å²) in [5.41, 5.74) is 0.804. The number of aryl methyl sites for hydroxylation is 1. The average molecular weight is 326 g/mol. The van der Waals surface area contributed by atoms with Gasteiger partial charge in [-0.3, -0.25) is 4.79 Å². The monoisotopic (exact) mass is 326 g/mol. The number of aromatic nitrogens is 3. The van der Waals surface area contributed by atoms with Crippen molar-refractivity contribution in [1.82, 2.24) is 14.8 Å². The number of amides is 1. The van der Waals surface area contributed by atoms with Crippen molar-refractivity contribution in [1.29, 1.82) is 0 Å². The van der Waals surface area contributed by atoms with Crippen LogP contribution in [0.25, 0.3) is 10.8 Å². The molecule has 118 valence electrons. The van der Waals surface area contributed by atoms with Crippen molar-refractivity contribution >= 4 is 34.1 Å². The smallest absolute Gasteiger partial charge is 0.237 e. The molecular formula is C17H18N4OS. The summed E-state index contributed by atoms with van der Waals surface area (Å²) in [6, 6.07) is 14.0. The number of anilines is 1. The van der Waals surface area contributed by atoms with E-state index >= 15 is 0 Å². The van der Waals surface area contributed by atoms with Gasteiger partial charge in [-0.25, -0.2) is 0 Å². The Balaban J connectivity index is 1.69. The first kappa shape index (κ1) is 15.6. The number of thioether (sulfide) groups is 1. The van der Waals surface area contributed by atoms with Crippen LogP contribution in [0.1, 0.15) is 13.8 Å². The maximum absolute atomic E-state index is 12.4. The fourth-order valence-corrected chi connectivity index (χ4v) is 3.16. The van der Waals surface area contributed by atoms with Gasteiger partial charge in [-0.1, -0.05) is 42.1 Å². The second kappa shape index (κ2) is 6.83. The molecule has 0 aliphatic carbocycles. The molecule has 0 aliphatic rings. The number of carbonyl (C=O) groups excluding carboxylic acids is 1. The molecule has 1 N–H and O–H groups in total. The predicted octanol–water partition coefficient (Wildman–Crippen LogP) is 3.57. The Kier molecular flexibility index (Phi) is 4.62. The zero-order valence-electron chi connectivity index (χ0n) is 13.1. The molecule has 0 bridgehead atoms. The lowest BCUT2D eigenvalue weighted by Gasteiger charge is -2.12. The summed E-state index contributed by atoms with van der Waals surface area (Å²) < 4.78 is 1.92. The second-order valence-corrected chi connectivity index (χ2v) is 6.52. The molecule has 3 rings (SSSR count). The fraction of sp³-hybridized carbons (Fsp3) is 0.235. The van der Waals surface area contributed by atoms with E-state index in [1.165, 1.54) is 11.8 Å². The summed E-state index contributed by atoms with van der Waals surface area (Å²) >= 11 is 1.41. The molecule has 5 nitrogen and oxygen atoms in total. The van der Waals surface area contributed by atoms with Crippen molar-refractivity contribution in [3.63, 3.8) is 0 Å². The Labute approximate surface area is 139 Å². The highest BCUT2D eigenvalue weighted by Crippen LogP contribution is 2.23. The van der Waals surface area contributed by atoms with Crippen LogP contribution in [0, 0.1) is 0 Å². The molecule has 0 saturated carbocycles. The minimum Gasteiger partial charge on any atom is -0.325 e. The van der Waals surface area contributed by atoms with Crippen molar-refractivity contribution in [2.45, 2.75) is 30.8 Å². The van der Waals surface area contributed by atoms with Crippen LogP contribution in [0.15, 0.2) is 53.9 Å². The van der Waals surface area contributed by atoms with Gasteiger partial charge in [0.05, 0.1) is 5.25 Å². The van der Waals surface area contributed by atoms with Crippen LogP contribution < -0.4 is 5.32 Å². The molecule has 0 saturated heterocycles. The summed E-state index contributed by atoms with van der Waals surface area (Å²) in [6.45, 7) is 4.68. The van der Waals surface area contributed by atoms with Crippen LogP contribution in [0.5, 0.6) is 0 Å². The number of rotatable bonds is 5. The molecule has 2 aromatic carbocycles. The first-order valence-corrected chi connectivity index (χ1v) is 8.39. The van der Waals surface area contributed by atoms with Crippen molar-refractivity contribution in [2.24, 2.45) is 0 Å². The van der Waals surface area contributed by atoms with Gasteiger partial charge in [0, 0.05) is 12.2 Å². The molecule has 0 fully saturated rings. The van der Waals surface area contributed by atoms with Gasteiger partial charge in [-0.05, 0) is 36.8 Å². The second-order valence-electron chi connectivity index (χ2n) is 5.21. The Morgan fingerprint density at radius 3 is 2.83 bits per heavy atom. The zero-order valence-corrected chi connectivity index (χ0v) is 13.9. The van der Waals surface area contributed by atoms with Gasteiger partial charge in [0.25, 0.3) is 0 Å². The minimum absolute atomic E-state index is 0.0454. The molecular weight excluding hydrogens is 308 g/mol. The third kappa shape index (κ3) is 3.53. The molecule has 0 spiro atoms. The van der Waals surface area contributed by atoms with Gasteiger partial charge >= 0.3 is 0 Å². The highest BCUT2D eigenvalue weighted by atomic mass is 32.2. The third-order valence-electron chi connectivity index (χ3n) is 3.59. The number of nitrogens with one attached hydrogen (secondary N) is 1. The molecule has 0 aliphatic heterocycles. The van der Waals surface area contributed by atoms with E-state index < -0.39 is 0 Å². The molecule has 0 unspecified atom stereocenters. The first-order chi connectivity index (χ1) is 11.2. The molecule has 23 heavy (non-hydrogen) atoms. The standard InChI is InChI=1S/C17H18N4OS/c1-3-21-11-18-20-17(21)23-12(2)16(22)19-15-9-8-13-6-4-5-7-14(13)10-15/h4-12H,3H2,1-2H3,(H,19,22)/t12-/m0/s1. The minimum atomic E-state index is -0.254. The van der Waals surface area contributed by atoms with Gasteiger partial charge in [0.15, 0.2) is 5.16 Å². The summed E-state index contributed by atoms with van der Waals surface area (Å²) in [6.07, 6.45) is 1.68. The number of nitrogens with zero attached hydrogens (tertiary/aromatic N) is 3. The van der Waals surface area contributed by atoms with Crippen molar-refractivity contribution in [2.75, 3.05) is 5.32 Å². The lowest BCUT2D eigenvalue weighted by molar-refractivity contribution is -0.115.